The zero-order valence-electron chi connectivity index (χ0n) is 10.9. The molecule has 0 aromatic heterocycles. The predicted molar refractivity (Wildman–Crippen MR) is 74.8 cm³/mol. The molecule has 6 heteroatoms. The van der Waals surface area contributed by atoms with Gasteiger partial charge in [0.1, 0.15) is 0 Å². The molecule has 0 bridgehead atoms. The van der Waals surface area contributed by atoms with Crippen LogP contribution < -0.4 is 10.0 Å². The Morgan fingerprint density at radius 2 is 2.21 bits per heavy atom. The molecule has 0 unspecified atom stereocenters. The molecule has 1 heterocycles. The van der Waals surface area contributed by atoms with Gasteiger partial charge in [0.15, 0.2) is 0 Å². The second kappa shape index (κ2) is 5.61. The molecule has 0 radical (unpaired) electrons. The van der Waals surface area contributed by atoms with E-state index in [0.717, 1.165) is 30.6 Å². The summed E-state index contributed by atoms with van der Waals surface area (Å²) in [5.41, 5.74) is 2.48. The lowest BCUT2D eigenvalue weighted by Crippen LogP contribution is -2.32. The van der Waals surface area contributed by atoms with Crippen LogP contribution in [0.5, 0.6) is 0 Å². The van der Waals surface area contributed by atoms with E-state index >= 15 is 0 Å². The van der Waals surface area contributed by atoms with Crippen molar-refractivity contribution in [2.45, 2.75) is 26.2 Å². The van der Waals surface area contributed by atoms with E-state index in [1.807, 2.05) is 6.07 Å². The minimum atomic E-state index is -3.52. The minimum absolute atomic E-state index is 0.0365. The van der Waals surface area contributed by atoms with Crippen molar-refractivity contribution in [3.8, 4) is 0 Å². The van der Waals surface area contributed by atoms with Crippen molar-refractivity contribution >= 4 is 21.6 Å². The van der Waals surface area contributed by atoms with E-state index in [9.17, 15) is 13.2 Å². The first-order valence-electron chi connectivity index (χ1n) is 6.43. The molecule has 104 valence electrons. The molecule has 0 saturated heterocycles. The number of amides is 1. The second-order valence-electron chi connectivity index (χ2n) is 4.65. The quantitative estimate of drug-likeness (QED) is 0.878. The maximum atomic E-state index is 11.9. The summed E-state index contributed by atoms with van der Waals surface area (Å²) >= 11 is 0. The number of anilines is 1. The van der Waals surface area contributed by atoms with E-state index in [1.165, 1.54) is 0 Å². The molecule has 5 nitrogen and oxygen atoms in total. The third-order valence-corrected chi connectivity index (χ3v) is 4.47. The number of nitrogens with one attached hydrogen (secondary N) is 2. The van der Waals surface area contributed by atoms with Crippen LogP contribution in [0.3, 0.4) is 0 Å². The van der Waals surface area contributed by atoms with Crippen molar-refractivity contribution in [3.05, 3.63) is 29.3 Å². The lowest BCUT2D eigenvalue weighted by Gasteiger charge is -2.18. The summed E-state index contributed by atoms with van der Waals surface area (Å²) in [6.45, 7) is 2.69. The van der Waals surface area contributed by atoms with Gasteiger partial charge in [-0.2, -0.15) is 0 Å². The van der Waals surface area contributed by atoms with Crippen molar-refractivity contribution in [2.24, 2.45) is 0 Å². The monoisotopic (exact) mass is 282 g/mol. The molecule has 0 atom stereocenters. The minimum Gasteiger partial charge on any atom is -0.385 e. The van der Waals surface area contributed by atoms with E-state index in [1.54, 1.807) is 19.1 Å². The van der Waals surface area contributed by atoms with Gasteiger partial charge in [-0.05, 0) is 43.0 Å². The van der Waals surface area contributed by atoms with E-state index in [4.69, 9.17) is 0 Å². The summed E-state index contributed by atoms with van der Waals surface area (Å²) in [4.78, 5) is 11.9. The number of fused-ring (bicyclic) bond motifs is 1. The van der Waals surface area contributed by atoms with Crippen LogP contribution >= 0.6 is 0 Å². The van der Waals surface area contributed by atoms with E-state index < -0.39 is 15.9 Å². The van der Waals surface area contributed by atoms with Gasteiger partial charge in [-0.3, -0.25) is 4.79 Å². The van der Waals surface area contributed by atoms with E-state index in [2.05, 4.69) is 10.0 Å². The molecule has 0 spiro atoms. The molecule has 1 aliphatic heterocycles. The van der Waals surface area contributed by atoms with Crippen molar-refractivity contribution in [1.82, 2.24) is 4.72 Å². The first-order valence-corrected chi connectivity index (χ1v) is 8.08. The summed E-state index contributed by atoms with van der Waals surface area (Å²) in [5, 5.41) is 3.25. The Balaban J connectivity index is 2.16. The van der Waals surface area contributed by atoms with Crippen molar-refractivity contribution in [2.75, 3.05) is 17.6 Å². The second-order valence-corrected chi connectivity index (χ2v) is 6.49. The van der Waals surface area contributed by atoms with Gasteiger partial charge in [-0.1, -0.05) is 6.92 Å². The third kappa shape index (κ3) is 3.47. The fourth-order valence-corrected chi connectivity index (χ4v) is 3.18. The van der Waals surface area contributed by atoms with Gasteiger partial charge in [0.05, 0.1) is 5.75 Å². The number of sulfonamides is 1. The lowest BCUT2D eigenvalue weighted by molar-refractivity contribution is 0.0981. The third-order valence-electron chi connectivity index (χ3n) is 3.03. The number of benzene rings is 1. The number of aryl methyl sites for hydroxylation is 1. The Morgan fingerprint density at radius 1 is 1.42 bits per heavy atom. The van der Waals surface area contributed by atoms with Gasteiger partial charge >= 0.3 is 0 Å². The summed E-state index contributed by atoms with van der Waals surface area (Å²) < 4.78 is 25.2. The highest BCUT2D eigenvalue weighted by Crippen LogP contribution is 2.22. The highest BCUT2D eigenvalue weighted by atomic mass is 32.2. The van der Waals surface area contributed by atoms with Crippen LogP contribution in [0, 0.1) is 0 Å². The zero-order valence-corrected chi connectivity index (χ0v) is 11.7. The van der Waals surface area contributed by atoms with Gasteiger partial charge in [0, 0.05) is 17.8 Å². The molecule has 1 aromatic carbocycles. The molecular formula is C13H18N2O3S. The van der Waals surface area contributed by atoms with Crippen LogP contribution in [0.1, 0.15) is 35.7 Å². The molecule has 0 aliphatic carbocycles. The maximum absolute atomic E-state index is 11.9. The molecule has 2 rings (SSSR count). The zero-order chi connectivity index (χ0) is 13.9. The SMILES string of the molecule is CCCS(=O)(=O)NC(=O)c1ccc2c(c1)CCCN2. The molecule has 1 aromatic rings. The molecule has 19 heavy (non-hydrogen) atoms. The van der Waals surface area contributed by atoms with E-state index in [-0.39, 0.29) is 5.75 Å². The number of rotatable bonds is 4. The summed E-state index contributed by atoms with van der Waals surface area (Å²) in [5.74, 6) is -0.590. The van der Waals surface area contributed by atoms with Gasteiger partial charge in [0.25, 0.3) is 5.91 Å². The number of carbonyl (C=O) groups is 1. The molecule has 0 fully saturated rings. The van der Waals surface area contributed by atoms with Crippen LogP contribution in [-0.2, 0) is 16.4 Å². The van der Waals surface area contributed by atoms with Crippen LogP contribution in [-0.4, -0.2) is 26.6 Å². The summed E-state index contributed by atoms with van der Waals surface area (Å²) in [7, 11) is -3.52. The smallest absolute Gasteiger partial charge is 0.264 e. The molecule has 1 amide bonds. The topological polar surface area (TPSA) is 75.3 Å². The largest absolute Gasteiger partial charge is 0.385 e. The Morgan fingerprint density at radius 3 is 2.95 bits per heavy atom. The molecular weight excluding hydrogens is 264 g/mol. The number of hydrogen-bond donors (Lipinski definition) is 2. The average Bonchev–Trinajstić information content (AvgIpc) is 2.37. The Kier molecular flexibility index (Phi) is 4.09. The van der Waals surface area contributed by atoms with Crippen molar-refractivity contribution < 1.29 is 13.2 Å². The Bertz CT molecular complexity index is 582. The maximum Gasteiger partial charge on any atom is 0.264 e. The highest BCUT2D eigenvalue weighted by Gasteiger charge is 2.17. The fraction of sp³-hybridized carbons (Fsp3) is 0.462. The molecule has 1 aliphatic rings. The van der Waals surface area contributed by atoms with Crippen LogP contribution in [0.4, 0.5) is 5.69 Å². The van der Waals surface area contributed by atoms with Gasteiger partial charge in [-0.15, -0.1) is 0 Å². The summed E-state index contributed by atoms with van der Waals surface area (Å²) in [6.07, 6.45) is 2.41. The van der Waals surface area contributed by atoms with E-state index in [0.29, 0.717) is 12.0 Å². The molecule has 2 N–H and O–H groups in total. The molecule has 0 saturated carbocycles. The number of hydrogen-bond acceptors (Lipinski definition) is 4. The predicted octanol–water partition coefficient (Wildman–Crippen LogP) is 1.51. The van der Waals surface area contributed by atoms with Gasteiger partial charge < -0.3 is 5.32 Å². The van der Waals surface area contributed by atoms with Crippen LogP contribution in [0.25, 0.3) is 0 Å². The van der Waals surface area contributed by atoms with Crippen molar-refractivity contribution in [3.63, 3.8) is 0 Å². The Labute approximate surface area is 113 Å². The van der Waals surface area contributed by atoms with Crippen LogP contribution in [0.2, 0.25) is 0 Å². The van der Waals surface area contributed by atoms with Gasteiger partial charge in [0.2, 0.25) is 10.0 Å². The normalized spacial score (nSPS) is 14.4. The number of carbonyl (C=O) groups excluding carboxylic acids is 1. The van der Waals surface area contributed by atoms with Gasteiger partial charge in [-0.25, -0.2) is 13.1 Å². The fourth-order valence-electron chi connectivity index (χ4n) is 2.14. The summed E-state index contributed by atoms with van der Waals surface area (Å²) in [6, 6.07) is 5.24. The lowest BCUT2D eigenvalue weighted by atomic mass is 10.0. The van der Waals surface area contributed by atoms with Crippen LogP contribution in [0.15, 0.2) is 18.2 Å². The average molecular weight is 282 g/mol. The Hall–Kier alpha value is -1.56. The standard InChI is InChI=1S/C13H18N2O3S/c1-2-8-19(17,18)15-13(16)11-5-6-12-10(9-11)4-3-7-14-12/h5-6,9,14H,2-4,7-8H2,1H3,(H,15,16). The first-order chi connectivity index (χ1) is 9.02. The van der Waals surface area contributed by atoms with Crippen molar-refractivity contribution in [1.29, 1.82) is 0 Å². The first kappa shape index (κ1) is 13.9. The highest BCUT2D eigenvalue weighted by molar-refractivity contribution is 7.90.